The van der Waals surface area contributed by atoms with Crippen LogP contribution in [0.25, 0.3) is 11.1 Å². The summed E-state index contributed by atoms with van der Waals surface area (Å²) < 4.78 is 11.0. The van der Waals surface area contributed by atoms with Gasteiger partial charge in [-0.25, -0.2) is 9.59 Å². The fourth-order valence-corrected chi connectivity index (χ4v) is 6.11. The van der Waals surface area contributed by atoms with E-state index in [4.69, 9.17) is 9.47 Å². The van der Waals surface area contributed by atoms with Crippen LogP contribution in [0, 0.1) is 0 Å². The Morgan fingerprint density at radius 1 is 0.647 bits per heavy atom. The van der Waals surface area contributed by atoms with Gasteiger partial charge in [0.25, 0.3) is 0 Å². The van der Waals surface area contributed by atoms with E-state index in [1.807, 2.05) is 54.6 Å². The number of hydrogen-bond donors (Lipinski definition) is 4. The van der Waals surface area contributed by atoms with Gasteiger partial charge in [-0.1, -0.05) is 123 Å². The molecule has 0 aromatic heterocycles. The number of amides is 3. The number of hydrogen-bond acceptors (Lipinski definition) is 7. The van der Waals surface area contributed by atoms with Crippen molar-refractivity contribution in [3.8, 4) is 11.1 Å². The lowest BCUT2D eigenvalue weighted by Crippen LogP contribution is -2.56. The molecule has 0 spiro atoms. The molecule has 11 heteroatoms. The van der Waals surface area contributed by atoms with Crippen molar-refractivity contribution in [2.24, 2.45) is 0 Å². The normalized spacial score (nSPS) is 13.4. The minimum atomic E-state index is -1.46. The Kier molecular flexibility index (Phi) is 12.5. The SMILES string of the molecule is CCC[C@H](NC(=O)[C@H](CC(=O)OCc1ccccc1)NC(=O)OCC1c2ccccc2-c2ccccc21)C(=O)N[C@@H](Cc1ccccc1)C(=O)O. The lowest BCUT2D eigenvalue weighted by Gasteiger charge is -2.24. The molecular weight excluding hydrogens is 650 g/mol. The van der Waals surface area contributed by atoms with Crippen LogP contribution < -0.4 is 16.0 Å². The number of ether oxygens (including phenoxy) is 2. The molecule has 0 radical (unpaired) electrons. The lowest BCUT2D eigenvalue weighted by molar-refractivity contribution is -0.147. The number of carbonyl (C=O) groups excluding carboxylic acids is 4. The number of fused-ring (bicyclic) bond motifs is 3. The van der Waals surface area contributed by atoms with Crippen molar-refractivity contribution in [2.75, 3.05) is 6.61 Å². The fourth-order valence-electron chi connectivity index (χ4n) is 6.11. The number of rotatable bonds is 16. The molecular formula is C40H41N3O8. The highest BCUT2D eigenvalue weighted by Crippen LogP contribution is 2.44. The molecule has 0 saturated carbocycles. The zero-order valence-electron chi connectivity index (χ0n) is 28.2. The fraction of sp³-hybridized carbons (Fsp3) is 0.275. The van der Waals surface area contributed by atoms with Crippen molar-refractivity contribution < 1.29 is 38.6 Å². The van der Waals surface area contributed by atoms with Gasteiger partial charge in [0, 0.05) is 12.3 Å². The third-order valence-electron chi connectivity index (χ3n) is 8.67. The molecule has 264 valence electrons. The minimum Gasteiger partial charge on any atom is -0.480 e. The van der Waals surface area contributed by atoms with Gasteiger partial charge in [-0.15, -0.1) is 0 Å². The van der Waals surface area contributed by atoms with Gasteiger partial charge >= 0.3 is 18.0 Å². The van der Waals surface area contributed by atoms with E-state index in [1.54, 1.807) is 61.5 Å². The first-order valence-electron chi connectivity index (χ1n) is 16.9. The average Bonchev–Trinajstić information content (AvgIpc) is 3.46. The summed E-state index contributed by atoms with van der Waals surface area (Å²) in [6, 6.07) is 29.7. The highest BCUT2D eigenvalue weighted by atomic mass is 16.5. The van der Waals surface area contributed by atoms with Crippen LogP contribution in [0.5, 0.6) is 0 Å². The topological polar surface area (TPSA) is 160 Å². The van der Waals surface area contributed by atoms with Crippen LogP contribution in [-0.4, -0.2) is 59.7 Å². The number of carbonyl (C=O) groups is 5. The summed E-state index contributed by atoms with van der Waals surface area (Å²) in [6.45, 7) is 1.74. The second-order valence-electron chi connectivity index (χ2n) is 12.3. The van der Waals surface area contributed by atoms with Crippen LogP contribution in [0.2, 0.25) is 0 Å². The molecule has 4 N–H and O–H groups in total. The zero-order chi connectivity index (χ0) is 36.2. The van der Waals surface area contributed by atoms with Gasteiger partial charge in [-0.2, -0.15) is 0 Å². The highest BCUT2D eigenvalue weighted by molar-refractivity contribution is 5.94. The number of carboxylic acids is 1. The molecule has 0 fully saturated rings. The summed E-state index contributed by atoms with van der Waals surface area (Å²) in [5.74, 6) is -3.77. The van der Waals surface area contributed by atoms with Gasteiger partial charge in [0.05, 0.1) is 6.42 Å². The lowest BCUT2D eigenvalue weighted by atomic mass is 9.98. The van der Waals surface area contributed by atoms with Gasteiger partial charge in [-0.05, 0) is 39.8 Å². The maximum Gasteiger partial charge on any atom is 0.407 e. The largest absolute Gasteiger partial charge is 0.480 e. The molecule has 0 unspecified atom stereocenters. The number of carboxylic acid groups (broad SMARTS) is 1. The summed E-state index contributed by atoms with van der Waals surface area (Å²) in [5.41, 5.74) is 5.56. The Labute approximate surface area is 296 Å². The van der Waals surface area contributed by atoms with Gasteiger partial charge in [0.2, 0.25) is 11.8 Å². The first-order valence-corrected chi connectivity index (χ1v) is 16.9. The van der Waals surface area contributed by atoms with Crippen LogP contribution in [-0.2, 0) is 41.7 Å². The maximum absolute atomic E-state index is 13.7. The van der Waals surface area contributed by atoms with Crippen LogP contribution in [0.3, 0.4) is 0 Å². The minimum absolute atomic E-state index is 0.0223. The first kappa shape index (κ1) is 36.3. The summed E-state index contributed by atoms with van der Waals surface area (Å²) in [5, 5.41) is 17.5. The molecule has 5 rings (SSSR count). The van der Waals surface area contributed by atoms with E-state index in [2.05, 4.69) is 16.0 Å². The van der Waals surface area contributed by atoms with Crippen molar-refractivity contribution in [1.82, 2.24) is 16.0 Å². The first-order chi connectivity index (χ1) is 24.7. The molecule has 1 aliphatic carbocycles. The van der Waals surface area contributed by atoms with Crippen LogP contribution in [0.4, 0.5) is 4.79 Å². The summed E-state index contributed by atoms with van der Waals surface area (Å²) >= 11 is 0. The molecule has 3 amide bonds. The summed E-state index contributed by atoms with van der Waals surface area (Å²) in [7, 11) is 0. The molecule has 1 aliphatic rings. The number of alkyl carbamates (subject to hydrolysis) is 1. The molecule has 0 bridgehead atoms. The molecule has 0 saturated heterocycles. The third-order valence-corrected chi connectivity index (χ3v) is 8.67. The monoisotopic (exact) mass is 691 g/mol. The molecule has 11 nitrogen and oxygen atoms in total. The Bertz CT molecular complexity index is 1790. The maximum atomic E-state index is 13.7. The smallest absolute Gasteiger partial charge is 0.407 e. The molecule has 51 heavy (non-hydrogen) atoms. The standard InChI is InChI=1S/C40H41N3O8/c1-2-13-33(37(45)42-35(39(47)48)22-26-14-5-3-6-15-26)41-38(46)34(23-36(44)50-24-27-16-7-4-8-17-27)43-40(49)51-25-32-30-20-11-9-18-28(30)29-19-10-12-21-31(29)32/h3-12,14-21,32-35H,2,13,22-25H2,1H3,(H,41,46)(H,42,45)(H,43,49)(H,47,48)/t33-,34-,35-/m0/s1. The second-order valence-corrected chi connectivity index (χ2v) is 12.3. The van der Waals surface area contributed by atoms with Gasteiger partial charge in [-0.3, -0.25) is 14.4 Å². The van der Waals surface area contributed by atoms with E-state index < -0.39 is 54.4 Å². The van der Waals surface area contributed by atoms with Crippen molar-refractivity contribution >= 4 is 29.8 Å². The Hall–Kier alpha value is -5.97. The van der Waals surface area contributed by atoms with E-state index in [9.17, 15) is 29.1 Å². The number of aliphatic carboxylic acids is 1. The second kappa shape index (κ2) is 17.6. The van der Waals surface area contributed by atoms with Gasteiger partial charge in [0.15, 0.2) is 0 Å². The molecule has 4 aromatic carbocycles. The summed E-state index contributed by atoms with van der Waals surface area (Å²) in [6.07, 6.45) is -0.801. The van der Waals surface area contributed by atoms with Gasteiger partial charge in [0.1, 0.15) is 31.3 Å². The van der Waals surface area contributed by atoms with E-state index in [0.717, 1.165) is 27.8 Å². The molecule has 3 atom stereocenters. The van der Waals surface area contributed by atoms with Crippen LogP contribution in [0.15, 0.2) is 109 Å². The van der Waals surface area contributed by atoms with E-state index in [1.165, 1.54) is 0 Å². The van der Waals surface area contributed by atoms with Crippen molar-refractivity contribution in [2.45, 2.75) is 63.3 Å². The highest BCUT2D eigenvalue weighted by Gasteiger charge is 2.33. The quantitative estimate of drug-likeness (QED) is 0.118. The molecule has 0 heterocycles. The van der Waals surface area contributed by atoms with Crippen molar-refractivity contribution in [3.63, 3.8) is 0 Å². The zero-order valence-corrected chi connectivity index (χ0v) is 28.2. The van der Waals surface area contributed by atoms with Crippen molar-refractivity contribution in [3.05, 3.63) is 131 Å². The summed E-state index contributed by atoms with van der Waals surface area (Å²) in [4.78, 5) is 65.3. The van der Waals surface area contributed by atoms with E-state index in [-0.39, 0.29) is 32.0 Å². The van der Waals surface area contributed by atoms with Gasteiger partial charge < -0.3 is 30.5 Å². The average molecular weight is 692 g/mol. The Morgan fingerprint density at radius 2 is 1.18 bits per heavy atom. The Morgan fingerprint density at radius 3 is 1.76 bits per heavy atom. The van der Waals surface area contributed by atoms with Crippen molar-refractivity contribution in [1.29, 1.82) is 0 Å². The third kappa shape index (κ3) is 9.81. The van der Waals surface area contributed by atoms with Crippen LogP contribution in [0.1, 0.15) is 54.4 Å². The number of esters is 1. The van der Waals surface area contributed by atoms with Crippen LogP contribution >= 0.6 is 0 Å². The molecule has 0 aliphatic heterocycles. The molecule has 4 aromatic rings. The predicted octanol–water partition coefficient (Wildman–Crippen LogP) is 5.12. The number of benzene rings is 4. The van der Waals surface area contributed by atoms with E-state index >= 15 is 0 Å². The van der Waals surface area contributed by atoms with E-state index in [0.29, 0.717) is 12.0 Å². The number of nitrogens with one attached hydrogen (secondary N) is 3. The predicted molar refractivity (Wildman–Crippen MR) is 189 cm³/mol. The Balaban J connectivity index is 1.27.